The summed E-state index contributed by atoms with van der Waals surface area (Å²) < 4.78 is 0. The van der Waals surface area contributed by atoms with Crippen molar-refractivity contribution in [2.75, 3.05) is 0 Å². The van der Waals surface area contributed by atoms with Crippen LogP contribution in [0.5, 0.6) is 0 Å². The zero-order valence-corrected chi connectivity index (χ0v) is 28.5. The standard InChI is InChI=1S/C44H40P2/c1-4-34-19-17-29-40(45(36-21-9-5-10-22-36)37-23-11-6-12-24-37)43(34)42-33(3)32(2)31-35-20-18-30-41(44(35)42)46(38-25-13-7-14-26-38)39-27-15-8-16-28-39/h5-30,32,42H,3-4,31H2,1-2H3. The molecule has 0 fully saturated rings. The molecular formula is C44H40P2. The van der Waals surface area contributed by atoms with Gasteiger partial charge >= 0.3 is 0 Å². The first-order chi connectivity index (χ1) is 22.7. The Morgan fingerprint density at radius 1 is 0.522 bits per heavy atom. The average molecular weight is 631 g/mol. The molecule has 6 aromatic carbocycles. The Balaban J connectivity index is 1.52. The monoisotopic (exact) mass is 630 g/mol. The van der Waals surface area contributed by atoms with E-state index in [-0.39, 0.29) is 5.92 Å². The van der Waals surface area contributed by atoms with E-state index in [0.29, 0.717) is 5.92 Å². The molecule has 0 spiro atoms. The second-order valence-electron chi connectivity index (χ2n) is 12.2. The zero-order chi connectivity index (χ0) is 31.5. The lowest BCUT2D eigenvalue weighted by Crippen LogP contribution is -2.34. The van der Waals surface area contributed by atoms with Crippen molar-refractivity contribution in [3.63, 3.8) is 0 Å². The summed E-state index contributed by atoms with van der Waals surface area (Å²) in [5.41, 5.74) is 7.21. The fraction of sp³-hybridized carbons (Fsp3) is 0.136. The maximum atomic E-state index is 4.93. The van der Waals surface area contributed by atoms with E-state index < -0.39 is 15.8 Å². The van der Waals surface area contributed by atoms with E-state index in [1.54, 1.807) is 0 Å². The Labute approximate surface area is 277 Å². The van der Waals surface area contributed by atoms with Gasteiger partial charge in [0.1, 0.15) is 0 Å². The Kier molecular flexibility index (Phi) is 9.12. The van der Waals surface area contributed by atoms with E-state index in [0.717, 1.165) is 12.8 Å². The molecule has 0 heterocycles. The van der Waals surface area contributed by atoms with Crippen LogP contribution in [0, 0.1) is 5.92 Å². The minimum Gasteiger partial charge on any atom is -0.0986 e. The third-order valence-electron chi connectivity index (χ3n) is 9.37. The number of aryl methyl sites for hydroxylation is 1. The van der Waals surface area contributed by atoms with Crippen LogP contribution in [0.15, 0.2) is 170 Å². The fourth-order valence-electron chi connectivity index (χ4n) is 7.17. The van der Waals surface area contributed by atoms with E-state index in [1.807, 2.05) is 0 Å². The van der Waals surface area contributed by atoms with Gasteiger partial charge in [-0.15, -0.1) is 0 Å². The number of rotatable bonds is 8. The van der Waals surface area contributed by atoms with Crippen molar-refractivity contribution in [1.29, 1.82) is 0 Å². The molecule has 1 aliphatic carbocycles. The van der Waals surface area contributed by atoms with E-state index in [1.165, 1.54) is 59.7 Å². The minimum absolute atomic E-state index is 0.121. The molecular weight excluding hydrogens is 590 g/mol. The smallest absolute Gasteiger partial charge is 0.0317 e. The lowest BCUT2D eigenvalue weighted by molar-refractivity contribution is 0.599. The normalized spacial score (nSPS) is 16.0. The van der Waals surface area contributed by atoms with E-state index in [2.05, 4.69) is 172 Å². The van der Waals surface area contributed by atoms with Gasteiger partial charge in [0.25, 0.3) is 0 Å². The van der Waals surface area contributed by atoms with Crippen molar-refractivity contribution in [3.8, 4) is 0 Å². The summed E-state index contributed by atoms with van der Waals surface area (Å²) in [4.78, 5) is 0. The highest BCUT2D eigenvalue weighted by molar-refractivity contribution is 7.80. The van der Waals surface area contributed by atoms with Gasteiger partial charge in [0.2, 0.25) is 0 Å². The summed E-state index contributed by atoms with van der Waals surface area (Å²) in [7, 11) is -1.56. The molecule has 0 saturated heterocycles. The molecule has 0 aromatic heterocycles. The highest BCUT2D eigenvalue weighted by Crippen LogP contribution is 2.49. The van der Waals surface area contributed by atoms with Gasteiger partial charge in [0.05, 0.1) is 0 Å². The van der Waals surface area contributed by atoms with Crippen LogP contribution in [-0.4, -0.2) is 0 Å². The first-order valence-corrected chi connectivity index (χ1v) is 19.1. The molecule has 2 heteroatoms. The van der Waals surface area contributed by atoms with Crippen molar-refractivity contribution >= 4 is 47.7 Å². The summed E-state index contributed by atoms with van der Waals surface area (Å²) >= 11 is 0. The molecule has 0 aliphatic heterocycles. The topological polar surface area (TPSA) is 0 Å². The largest absolute Gasteiger partial charge is 0.0986 e. The number of benzene rings is 6. The van der Waals surface area contributed by atoms with Crippen molar-refractivity contribution in [2.45, 2.75) is 32.6 Å². The van der Waals surface area contributed by atoms with Crippen molar-refractivity contribution in [2.24, 2.45) is 5.92 Å². The molecule has 0 saturated carbocycles. The minimum atomic E-state index is -0.785. The molecule has 0 N–H and O–H groups in total. The van der Waals surface area contributed by atoms with Crippen LogP contribution < -0.4 is 31.8 Å². The van der Waals surface area contributed by atoms with Crippen LogP contribution >= 0.6 is 15.8 Å². The second kappa shape index (κ2) is 13.7. The van der Waals surface area contributed by atoms with Crippen molar-refractivity contribution in [1.82, 2.24) is 0 Å². The van der Waals surface area contributed by atoms with Gasteiger partial charge in [-0.3, -0.25) is 0 Å². The first kappa shape index (κ1) is 30.6. The molecule has 0 amide bonds. The van der Waals surface area contributed by atoms with Crippen LogP contribution in [0.1, 0.15) is 42.0 Å². The summed E-state index contributed by atoms with van der Waals surface area (Å²) in [6.07, 6.45) is 2.01. The molecule has 0 radical (unpaired) electrons. The third-order valence-corrected chi connectivity index (χ3v) is 14.4. The molecule has 6 aromatic rings. The van der Waals surface area contributed by atoms with E-state index in [4.69, 9.17) is 6.58 Å². The van der Waals surface area contributed by atoms with Gasteiger partial charge in [0.15, 0.2) is 0 Å². The number of hydrogen-bond donors (Lipinski definition) is 0. The Morgan fingerprint density at radius 3 is 1.37 bits per heavy atom. The molecule has 226 valence electrons. The maximum Gasteiger partial charge on any atom is 0.0317 e. The Hall–Kier alpha value is -4.08. The van der Waals surface area contributed by atoms with E-state index >= 15 is 0 Å². The van der Waals surface area contributed by atoms with Crippen molar-refractivity contribution in [3.05, 3.63) is 192 Å². The summed E-state index contributed by atoms with van der Waals surface area (Å²) in [6, 6.07) is 58.9. The number of fused-ring (bicyclic) bond motifs is 1. The lowest BCUT2D eigenvalue weighted by Gasteiger charge is -2.39. The molecule has 46 heavy (non-hydrogen) atoms. The van der Waals surface area contributed by atoms with Crippen LogP contribution in [0.4, 0.5) is 0 Å². The third kappa shape index (κ3) is 5.82. The maximum absolute atomic E-state index is 4.93. The summed E-state index contributed by atoms with van der Waals surface area (Å²) in [5, 5.41) is 8.47. The van der Waals surface area contributed by atoms with Gasteiger partial charge < -0.3 is 0 Å². The van der Waals surface area contributed by atoms with Gasteiger partial charge in [-0.25, -0.2) is 0 Å². The van der Waals surface area contributed by atoms with Gasteiger partial charge in [0, 0.05) is 5.92 Å². The van der Waals surface area contributed by atoms with Crippen LogP contribution in [0.2, 0.25) is 0 Å². The molecule has 2 atom stereocenters. The van der Waals surface area contributed by atoms with E-state index in [9.17, 15) is 0 Å². The van der Waals surface area contributed by atoms with Gasteiger partial charge in [-0.2, -0.15) is 0 Å². The molecule has 7 rings (SSSR count). The number of hydrogen-bond acceptors (Lipinski definition) is 0. The SMILES string of the molecule is C=C1C(C)Cc2cccc(P(c3ccccc3)c3ccccc3)c2C1c1c(CC)cccc1P(c1ccccc1)c1ccccc1. The van der Waals surface area contributed by atoms with Crippen molar-refractivity contribution < 1.29 is 0 Å². The summed E-state index contributed by atoms with van der Waals surface area (Å²) in [5.74, 6) is 0.515. The first-order valence-electron chi connectivity index (χ1n) is 16.4. The van der Waals surface area contributed by atoms with Crippen LogP contribution in [-0.2, 0) is 12.8 Å². The van der Waals surface area contributed by atoms with Gasteiger partial charge in [-0.1, -0.05) is 184 Å². The predicted octanol–water partition coefficient (Wildman–Crippen LogP) is 8.65. The quantitative estimate of drug-likeness (QED) is 0.117. The molecule has 1 aliphatic rings. The predicted molar refractivity (Wildman–Crippen MR) is 204 cm³/mol. The number of allylic oxidation sites excluding steroid dienone is 1. The molecule has 2 unspecified atom stereocenters. The Bertz CT molecular complexity index is 1850. The molecule has 0 bridgehead atoms. The highest BCUT2D eigenvalue weighted by Gasteiger charge is 2.37. The van der Waals surface area contributed by atoms with Crippen LogP contribution in [0.3, 0.4) is 0 Å². The van der Waals surface area contributed by atoms with Gasteiger partial charge in [-0.05, 0) is 88.7 Å². The fourth-order valence-corrected chi connectivity index (χ4v) is 12.3. The Morgan fingerprint density at radius 2 is 0.935 bits per heavy atom. The zero-order valence-electron chi connectivity index (χ0n) is 26.7. The molecule has 0 nitrogen and oxygen atoms in total. The van der Waals surface area contributed by atoms with Crippen LogP contribution in [0.25, 0.3) is 0 Å². The summed E-state index contributed by atoms with van der Waals surface area (Å²) in [6.45, 7) is 9.63. The second-order valence-corrected chi connectivity index (χ2v) is 16.6. The lowest BCUT2D eigenvalue weighted by atomic mass is 9.70. The average Bonchev–Trinajstić information content (AvgIpc) is 3.11. The highest BCUT2D eigenvalue weighted by atomic mass is 31.1.